The number of hydrogen-bond donors (Lipinski definition) is 0. The van der Waals surface area contributed by atoms with Crippen LogP contribution in [-0.4, -0.2) is 30.4 Å². The van der Waals surface area contributed by atoms with Crippen molar-refractivity contribution in [1.29, 1.82) is 0 Å². The van der Waals surface area contributed by atoms with Crippen molar-refractivity contribution >= 4 is 0 Å². The van der Waals surface area contributed by atoms with Crippen molar-refractivity contribution in [3.8, 4) is 79.5 Å². The van der Waals surface area contributed by atoms with Gasteiger partial charge in [0, 0.05) is 23.5 Å². The largest absolute Gasteiger partial charge is 0.416 e. The van der Waals surface area contributed by atoms with Crippen LogP contribution in [0.2, 0.25) is 0 Å². The first-order valence-corrected chi connectivity index (χ1v) is 14.7. The van der Waals surface area contributed by atoms with Crippen molar-refractivity contribution in [1.82, 2.24) is 30.4 Å². The molecule has 4 aromatic heterocycles. The monoisotopic (exact) mass is 596 g/mol. The van der Waals surface area contributed by atoms with Crippen LogP contribution in [0.15, 0.2) is 155 Å². The molecule has 0 radical (unpaired) electrons. The highest BCUT2D eigenvalue weighted by Crippen LogP contribution is 2.39. The van der Waals surface area contributed by atoms with Crippen LogP contribution in [-0.2, 0) is 0 Å². The molecule has 0 fully saturated rings. The summed E-state index contributed by atoms with van der Waals surface area (Å²) in [5, 5.41) is 17.6. The fourth-order valence-electron chi connectivity index (χ4n) is 5.31. The van der Waals surface area contributed by atoms with Gasteiger partial charge in [-0.3, -0.25) is 9.97 Å². The summed E-state index contributed by atoms with van der Waals surface area (Å²) in [6, 6.07) is 43.9. The van der Waals surface area contributed by atoms with Gasteiger partial charge in [-0.1, -0.05) is 91.0 Å². The third kappa shape index (κ3) is 5.24. The molecule has 0 saturated carbocycles. The zero-order valence-electron chi connectivity index (χ0n) is 24.4. The maximum atomic E-state index is 6.29. The molecular weight excluding hydrogens is 572 g/mol. The lowest BCUT2D eigenvalue weighted by molar-refractivity contribution is 0.577. The maximum absolute atomic E-state index is 6.29. The molecule has 8 rings (SSSR count). The maximum Gasteiger partial charge on any atom is 0.251 e. The summed E-state index contributed by atoms with van der Waals surface area (Å²) >= 11 is 0. The molecule has 218 valence electrons. The molecule has 46 heavy (non-hydrogen) atoms. The van der Waals surface area contributed by atoms with E-state index in [2.05, 4.69) is 54.6 Å². The second-order valence-corrected chi connectivity index (χ2v) is 10.5. The Bertz CT molecular complexity index is 2230. The molecule has 0 saturated heterocycles. The summed E-state index contributed by atoms with van der Waals surface area (Å²) < 4.78 is 12.5. The summed E-state index contributed by atoms with van der Waals surface area (Å²) in [6.07, 6.45) is 3.39. The van der Waals surface area contributed by atoms with Gasteiger partial charge in [0.15, 0.2) is 0 Å². The number of rotatable bonds is 7. The molecule has 8 heteroatoms. The lowest BCUT2D eigenvalue weighted by Crippen LogP contribution is -1.95. The minimum absolute atomic E-state index is 0.262. The average Bonchev–Trinajstić information content (AvgIpc) is 3.84. The van der Waals surface area contributed by atoms with Gasteiger partial charge < -0.3 is 8.83 Å². The van der Waals surface area contributed by atoms with E-state index < -0.39 is 0 Å². The van der Waals surface area contributed by atoms with E-state index in [1.807, 2.05) is 103 Å². The van der Waals surface area contributed by atoms with Crippen LogP contribution < -0.4 is 0 Å². The van der Waals surface area contributed by atoms with Crippen LogP contribution in [0, 0.1) is 0 Å². The number of aromatic nitrogens is 6. The van der Waals surface area contributed by atoms with E-state index in [4.69, 9.17) is 8.83 Å². The van der Waals surface area contributed by atoms with E-state index in [9.17, 15) is 0 Å². The second-order valence-electron chi connectivity index (χ2n) is 10.5. The van der Waals surface area contributed by atoms with Gasteiger partial charge in [0.25, 0.3) is 5.89 Å². The first-order valence-electron chi connectivity index (χ1n) is 14.7. The van der Waals surface area contributed by atoms with Crippen molar-refractivity contribution in [2.24, 2.45) is 0 Å². The Morgan fingerprint density at radius 2 is 0.826 bits per heavy atom. The lowest BCUT2D eigenvalue weighted by Gasteiger charge is -2.08. The molecule has 8 aromatic rings. The van der Waals surface area contributed by atoms with Crippen LogP contribution in [0.25, 0.3) is 79.5 Å². The van der Waals surface area contributed by atoms with E-state index in [-0.39, 0.29) is 5.89 Å². The van der Waals surface area contributed by atoms with Crippen molar-refractivity contribution in [3.63, 3.8) is 0 Å². The molecule has 4 heterocycles. The minimum atomic E-state index is 0.262. The summed E-state index contributed by atoms with van der Waals surface area (Å²) in [5.74, 6) is 1.32. The molecule has 0 aliphatic heterocycles. The Morgan fingerprint density at radius 3 is 1.39 bits per heavy atom. The fraction of sp³-hybridized carbons (Fsp3) is 0. The highest BCUT2D eigenvalue weighted by atomic mass is 16.4. The number of nitrogens with zero attached hydrogens (tertiary/aromatic N) is 6. The van der Waals surface area contributed by atoms with Crippen molar-refractivity contribution in [2.45, 2.75) is 0 Å². The topological polar surface area (TPSA) is 104 Å². The van der Waals surface area contributed by atoms with E-state index in [0.717, 1.165) is 33.4 Å². The molecule has 0 N–H and O–H groups in total. The summed E-state index contributed by atoms with van der Waals surface area (Å²) in [6.45, 7) is 0. The van der Waals surface area contributed by atoms with E-state index in [0.29, 0.717) is 40.2 Å². The molecule has 8 nitrogen and oxygen atoms in total. The lowest BCUT2D eigenvalue weighted by atomic mass is 10.0. The minimum Gasteiger partial charge on any atom is -0.416 e. The van der Waals surface area contributed by atoms with Crippen molar-refractivity contribution in [2.75, 3.05) is 0 Å². The van der Waals surface area contributed by atoms with Crippen LogP contribution in [0.4, 0.5) is 0 Å². The number of pyridine rings is 2. The molecule has 0 amide bonds. The average molecular weight is 597 g/mol. The third-order valence-corrected chi connectivity index (χ3v) is 7.63. The number of benzene rings is 4. The first kappa shape index (κ1) is 27.0. The van der Waals surface area contributed by atoms with E-state index in [1.54, 1.807) is 18.5 Å². The Kier molecular flexibility index (Phi) is 6.97. The van der Waals surface area contributed by atoms with Gasteiger partial charge in [0.1, 0.15) is 5.69 Å². The van der Waals surface area contributed by atoms with Gasteiger partial charge in [-0.15, -0.1) is 20.4 Å². The van der Waals surface area contributed by atoms with Gasteiger partial charge in [-0.05, 0) is 64.7 Å². The SMILES string of the molecule is c1ccc(-c2ccc(-c3nnc(-c4ccnc(-c5ccccn5)c4-c4nnc(-c5ccc(-c6ccccc6)cc5)o4)o3)cc2)cc1. The molecule has 0 spiro atoms. The summed E-state index contributed by atoms with van der Waals surface area (Å²) in [5.41, 5.74) is 8.41. The van der Waals surface area contributed by atoms with Gasteiger partial charge >= 0.3 is 0 Å². The molecule has 0 unspecified atom stereocenters. The number of hydrogen-bond acceptors (Lipinski definition) is 8. The zero-order valence-corrected chi connectivity index (χ0v) is 24.4. The summed E-state index contributed by atoms with van der Waals surface area (Å²) in [7, 11) is 0. The smallest absolute Gasteiger partial charge is 0.251 e. The Labute approximate surface area is 264 Å². The Morgan fingerprint density at radius 1 is 0.348 bits per heavy atom. The van der Waals surface area contributed by atoms with Crippen LogP contribution in [0.5, 0.6) is 0 Å². The normalized spacial score (nSPS) is 11.0. The first-order chi connectivity index (χ1) is 22.8. The quantitative estimate of drug-likeness (QED) is 0.180. The molecule has 0 atom stereocenters. The Balaban J connectivity index is 1.17. The molecule has 0 bridgehead atoms. The van der Waals surface area contributed by atoms with Gasteiger partial charge in [-0.25, -0.2) is 0 Å². The van der Waals surface area contributed by atoms with Gasteiger partial charge in [-0.2, -0.15) is 0 Å². The highest BCUT2D eigenvalue weighted by molar-refractivity contribution is 5.87. The van der Waals surface area contributed by atoms with Crippen LogP contribution >= 0.6 is 0 Å². The van der Waals surface area contributed by atoms with E-state index in [1.165, 1.54) is 0 Å². The van der Waals surface area contributed by atoms with Crippen LogP contribution in [0.3, 0.4) is 0 Å². The third-order valence-electron chi connectivity index (χ3n) is 7.63. The zero-order chi connectivity index (χ0) is 30.7. The van der Waals surface area contributed by atoms with Gasteiger partial charge in [0.05, 0.1) is 16.8 Å². The van der Waals surface area contributed by atoms with Crippen molar-refractivity contribution in [3.05, 3.63) is 146 Å². The van der Waals surface area contributed by atoms with E-state index >= 15 is 0 Å². The standard InChI is InChI=1S/C38H24N6O2/c1-3-9-25(10-4-1)27-14-18-29(19-15-27)35-41-43-37(45-35)31-22-24-40-34(32-13-7-8-23-39-32)33(31)38-44-42-36(46-38)30-20-16-28(17-21-30)26-11-5-2-6-12-26/h1-24H. The van der Waals surface area contributed by atoms with Crippen molar-refractivity contribution < 1.29 is 8.83 Å². The molecule has 0 aliphatic carbocycles. The predicted octanol–water partition coefficient (Wildman–Crippen LogP) is 8.91. The highest BCUT2D eigenvalue weighted by Gasteiger charge is 2.25. The second kappa shape index (κ2) is 11.9. The fourth-order valence-corrected chi connectivity index (χ4v) is 5.31. The van der Waals surface area contributed by atoms with Crippen LogP contribution in [0.1, 0.15) is 0 Å². The predicted molar refractivity (Wildman–Crippen MR) is 176 cm³/mol. The molecular formula is C38H24N6O2. The Hall–Kier alpha value is -6.54. The summed E-state index contributed by atoms with van der Waals surface area (Å²) in [4.78, 5) is 9.20. The molecule has 4 aromatic carbocycles. The van der Waals surface area contributed by atoms with Gasteiger partial charge in [0.2, 0.25) is 17.7 Å². The molecule has 0 aliphatic rings.